The highest BCUT2D eigenvalue weighted by Crippen LogP contribution is 2.43. The Bertz CT molecular complexity index is 623. The lowest BCUT2D eigenvalue weighted by molar-refractivity contribution is -0.157. The minimum atomic E-state index is -2.06. The summed E-state index contributed by atoms with van der Waals surface area (Å²) < 4.78 is 29.7. The zero-order valence-corrected chi connectivity index (χ0v) is 20.8. The quantitative estimate of drug-likeness (QED) is 0.435. The van der Waals surface area contributed by atoms with E-state index in [9.17, 15) is 4.79 Å². The second-order valence-corrected chi connectivity index (χ2v) is 15.4. The van der Waals surface area contributed by atoms with Crippen LogP contribution in [0, 0.1) is 11.3 Å². The Morgan fingerprint density at radius 2 is 1.90 bits per heavy atom. The maximum atomic E-state index is 12.5. The van der Waals surface area contributed by atoms with Crippen LogP contribution in [0.15, 0.2) is 12.3 Å². The predicted molar refractivity (Wildman–Crippen MR) is 115 cm³/mol. The van der Waals surface area contributed by atoms with Gasteiger partial charge in [0.05, 0.1) is 32.2 Å². The molecule has 2 aliphatic heterocycles. The van der Waals surface area contributed by atoms with Crippen LogP contribution in [0.1, 0.15) is 54.9 Å². The summed E-state index contributed by atoms with van der Waals surface area (Å²) in [6.07, 6.45) is 3.55. The molecule has 6 nitrogen and oxygen atoms in total. The van der Waals surface area contributed by atoms with Crippen molar-refractivity contribution in [1.29, 1.82) is 0 Å². The largest absolute Gasteiger partial charge is 0.496 e. The first-order valence-electron chi connectivity index (χ1n) is 10.5. The van der Waals surface area contributed by atoms with Gasteiger partial charge >= 0.3 is 5.97 Å². The van der Waals surface area contributed by atoms with Crippen molar-refractivity contribution >= 4 is 14.3 Å². The van der Waals surface area contributed by atoms with Crippen LogP contribution in [-0.4, -0.2) is 52.1 Å². The molecule has 0 unspecified atom stereocenters. The topological polar surface area (TPSA) is 63.2 Å². The van der Waals surface area contributed by atoms with Crippen molar-refractivity contribution in [1.82, 2.24) is 0 Å². The molecule has 0 amide bonds. The van der Waals surface area contributed by atoms with Crippen molar-refractivity contribution in [3.63, 3.8) is 0 Å². The van der Waals surface area contributed by atoms with Crippen LogP contribution in [0.5, 0.6) is 0 Å². The van der Waals surface area contributed by atoms with Crippen molar-refractivity contribution in [2.24, 2.45) is 11.3 Å². The maximum Gasteiger partial charge on any atom is 0.319 e. The molecule has 0 N–H and O–H groups in total. The molecular formula is C22H40O6Si. The average molecular weight is 429 g/mol. The van der Waals surface area contributed by atoms with E-state index in [0.29, 0.717) is 13.0 Å². The maximum absolute atomic E-state index is 12.5. The number of esters is 1. The van der Waals surface area contributed by atoms with Gasteiger partial charge in [0.2, 0.25) is 0 Å². The van der Waals surface area contributed by atoms with Crippen molar-refractivity contribution in [2.75, 3.05) is 13.7 Å². The molecule has 0 aromatic carbocycles. The Balaban J connectivity index is 2.27. The van der Waals surface area contributed by atoms with Crippen LogP contribution in [0.3, 0.4) is 0 Å². The monoisotopic (exact) mass is 428 g/mol. The molecule has 5 atom stereocenters. The van der Waals surface area contributed by atoms with Gasteiger partial charge in [0, 0.05) is 12.3 Å². The molecule has 0 aromatic rings. The molecule has 7 heteroatoms. The molecule has 0 radical (unpaired) electrons. The lowest BCUT2D eigenvalue weighted by Crippen LogP contribution is -2.51. The molecule has 2 rings (SSSR count). The Morgan fingerprint density at radius 1 is 1.28 bits per heavy atom. The fourth-order valence-corrected chi connectivity index (χ4v) is 5.26. The summed E-state index contributed by atoms with van der Waals surface area (Å²) in [6.45, 7) is 19.5. The Kier molecular flexibility index (Phi) is 7.00. The summed E-state index contributed by atoms with van der Waals surface area (Å²) in [5.74, 6) is -0.923. The van der Waals surface area contributed by atoms with Crippen LogP contribution < -0.4 is 0 Å². The zero-order valence-electron chi connectivity index (χ0n) is 19.8. The number of hydrogen-bond acceptors (Lipinski definition) is 6. The normalized spacial score (nSPS) is 31.4. The molecule has 0 bridgehead atoms. The SMILES string of the molecule is COC(=O)[C@@]1(C)C=CO[C@H]1[C@H](C)[C@@H](C[C@H]1COC(C)(C)O1)O[Si](C)(C)C(C)(C)C. The summed E-state index contributed by atoms with van der Waals surface area (Å²) >= 11 is 0. The van der Waals surface area contributed by atoms with E-state index in [-0.39, 0.29) is 35.2 Å². The van der Waals surface area contributed by atoms with E-state index in [2.05, 4.69) is 40.8 Å². The smallest absolute Gasteiger partial charge is 0.319 e. The number of carbonyl (C=O) groups is 1. The Labute approximate surface area is 177 Å². The summed E-state index contributed by atoms with van der Waals surface area (Å²) in [5, 5.41) is 0.0672. The van der Waals surface area contributed by atoms with Crippen molar-refractivity contribution in [3.8, 4) is 0 Å². The molecular weight excluding hydrogens is 388 g/mol. The van der Waals surface area contributed by atoms with Crippen LogP contribution in [0.2, 0.25) is 18.1 Å². The highest BCUT2D eigenvalue weighted by molar-refractivity contribution is 6.74. The van der Waals surface area contributed by atoms with Gasteiger partial charge in [0.25, 0.3) is 0 Å². The zero-order chi connectivity index (χ0) is 22.3. The second kappa shape index (κ2) is 8.33. The number of carbonyl (C=O) groups excluding carboxylic acids is 1. The molecule has 29 heavy (non-hydrogen) atoms. The summed E-state index contributed by atoms with van der Waals surface area (Å²) in [5.41, 5.74) is -0.838. The van der Waals surface area contributed by atoms with Crippen molar-refractivity contribution in [2.45, 2.75) is 97.1 Å². The number of ether oxygens (including phenoxy) is 4. The summed E-state index contributed by atoms with van der Waals surface area (Å²) in [7, 11) is -0.646. The van der Waals surface area contributed by atoms with E-state index in [1.54, 1.807) is 12.3 Å². The molecule has 0 spiro atoms. The Hall–Kier alpha value is -0.893. The molecule has 1 saturated heterocycles. The average Bonchev–Trinajstić information content (AvgIpc) is 3.14. The molecule has 0 aliphatic carbocycles. The fourth-order valence-electron chi connectivity index (χ4n) is 3.83. The van der Waals surface area contributed by atoms with Crippen molar-refractivity contribution in [3.05, 3.63) is 12.3 Å². The van der Waals surface area contributed by atoms with E-state index in [1.807, 2.05) is 20.8 Å². The van der Waals surface area contributed by atoms with Gasteiger partial charge in [-0.15, -0.1) is 0 Å². The van der Waals surface area contributed by atoms with Crippen LogP contribution in [0.25, 0.3) is 0 Å². The van der Waals surface area contributed by atoms with Crippen LogP contribution in [-0.2, 0) is 28.2 Å². The van der Waals surface area contributed by atoms with Gasteiger partial charge in [0.15, 0.2) is 14.1 Å². The van der Waals surface area contributed by atoms with E-state index < -0.39 is 19.5 Å². The Morgan fingerprint density at radius 3 is 2.38 bits per heavy atom. The number of methoxy groups -OCH3 is 1. The second-order valence-electron chi connectivity index (χ2n) is 10.6. The van der Waals surface area contributed by atoms with E-state index in [0.717, 1.165) is 0 Å². The molecule has 0 saturated carbocycles. The number of rotatable bonds is 7. The van der Waals surface area contributed by atoms with Crippen LogP contribution >= 0.6 is 0 Å². The van der Waals surface area contributed by atoms with E-state index >= 15 is 0 Å². The molecule has 2 aliphatic rings. The van der Waals surface area contributed by atoms with E-state index in [1.165, 1.54) is 7.11 Å². The first kappa shape index (κ1) is 24.4. The van der Waals surface area contributed by atoms with Gasteiger partial charge in [-0.05, 0) is 45.0 Å². The van der Waals surface area contributed by atoms with E-state index in [4.69, 9.17) is 23.4 Å². The lowest BCUT2D eigenvalue weighted by atomic mass is 9.77. The van der Waals surface area contributed by atoms with Gasteiger partial charge in [-0.1, -0.05) is 27.7 Å². The van der Waals surface area contributed by atoms with Gasteiger partial charge in [-0.3, -0.25) is 4.79 Å². The molecule has 168 valence electrons. The van der Waals surface area contributed by atoms with Gasteiger partial charge < -0.3 is 23.4 Å². The molecule has 1 fully saturated rings. The third kappa shape index (κ3) is 5.24. The number of hydrogen-bond donors (Lipinski definition) is 0. The first-order valence-corrected chi connectivity index (χ1v) is 13.4. The van der Waals surface area contributed by atoms with Gasteiger partial charge in [-0.25, -0.2) is 0 Å². The summed E-state index contributed by atoms with van der Waals surface area (Å²) in [6, 6.07) is 0. The van der Waals surface area contributed by atoms with Gasteiger partial charge in [-0.2, -0.15) is 0 Å². The van der Waals surface area contributed by atoms with Crippen LogP contribution in [0.4, 0.5) is 0 Å². The highest BCUT2D eigenvalue weighted by atomic mass is 28.4. The fraction of sp³-hybridized carbons (Fsp3) is 0.864. The van der Waals surface area contributed by atoms with Gasteiger partial charge in [0.1, 0.15) is 11.5 Å². The van der Waals surface area contributed by atoms with Crippen molar-refractivity contribution < 1.29 is 28.2 Å². The standard InChI is InChI=1S/C22H40O6Si/c1-15(18-22(7,11-12-25-18)19(23)24-8)17(28-29(9,10)20(2,3)4)13-16-14-26-21(5,6)27-16/h11-12,15-18H,13-14H2,1-10H3/t15-,16+,17-,18+,22+/m1/s1. The lowest BCUT2D eigenvalue weighted by Gasteiger charge is -2.43. The highest BCUT2D eigenvalue weighted by Gasteiger charge is 2.51. The minimum absolute atomic E-state index is 0.0458. The molecule has 0 aromatic heterocycles. The molecule has 2 heterocycles. The minimum Gasteiger partial charge on any atom is -0.496 e. The third-order valence-electron chi connectivity index (χ3n) is 6.73. The third-order valence-corrected chi connectivity index (χ3v) is 11.2. The summed E-state index contributed by atoms with van der Waals surface area (Å²) in [4.78, 5) is 12.5. The first-order chi connectivity index (χ1) is 13.1. The predicted octanol–water partition coefficient (Wildman–Crippen LogP) is 4.65.